The van der Waals surface area contributed by atoms with Crippen LogP contribution in [0.2, 0.25) is 0 Å². The normalized spacial score (nSPS) is 16.7. The number of nitrogens with zero attached hydrogens (tertiary/aromatic N) is 2. The molecule has 168 valence electrons. The molecule has 6 nitrogen and oxygen atoms in total. The lowest BCUT2D eigenvalue weighted by molar-refractivity contribution is -0.137. The summed E-state index contributed by atoms with van der Waals surface area (Å²) in [5.74, 6) is -1.58. The molecule has 1 fully saturated rings. The van der Waals surface area contributed by atoms with E-state index in [9.17, 15) is 22.0 Å². The zero-order chi connectivity index (χ0) is 22.8. The number of hydrogen-bond donors (Lipinski definition) is 0. The summed E-state index contributed by atoms with van der Waals surface area (Å²) in [4.78, 5) is 14.0. The van der Waals surface area contributed by atoms with E-state index in [1.807, 2.05) is 31.2 Å². The van der Waals surface area contributed by atoms with Crippen molar-refractivity contribution in [2.24, 2.45) is 5.92 Å². The first-order valence-electron chi connectivity index (χ1n) is 10.0. The summed E-state index contributed by atoms with van der Waals surface area (Å²) in [6.45, 7) is 2.03. The van der Waals surface area contributed by atoms with Gasteiger partial charge in [0.05, 0.1) is 13.2 Å². The number of hydrogen-bond acceptors (Lipinski definition) is 4. The third kappa shape index (κ3) is 4.72. The molecule has 1 aliphatic heterocycles. The second-order valence-electron chi connectivity index (χ2n) is 7.62. The summed E-state index contributed by atoms with van der Waals surface area (Å²) < 4.78 is 59.4. The van der Waals surface area contributed by atoms with Crippen LogP contribution in [0.5, 0.6) is 5.75 Å². The fourth-order valence-electron chi connectivity index (χ4n) is 3.86. The van der Waals surface area contributed by atoms with Gasteiger partial charge in [0.25, 0.3) is 0 Å². The number of carbonyl (C=O) groups is 1. The van der Waals surface area contributed by atoms with Gasteiger partial charge in [0.2, 0.25) is 15.9 Å². The van der Waals surface area contributed by atoms with Crippen LogP contribution in [0.3, 0.4) is 0 Å². The first-order chi connectivity index (χ1) is 14.7. The number of benzene rings is 2. The highest BCUT2D eigenvalue weighted by Gasteiger charge is 2.35. The van der Waals surface area contributed by atoms with E-state index in [1.165, 1.54) is 0 Å². The van der Waals surface area contributed by atoms with E-state index in [2.05, 4.69) is 0 Å². The summed E-state index contributed by atoms with van der Waals surface area (Å²) in [5.41, 5.74) is 0.877. The standard InChI is InChI=1S/C22H26F2N2O4S/c1-15(18-6-4-5-7-20(18)30-3)25(2)22(27)16-10-12-26(13-11-16)31(28,29)21-14-17(23)8-9-19(21)24/h4-9,14-16H,10-13H2,1-3H3. The van der Waals surface area contributed by atoms with Crippen molar-refractivity contribution in [1.82, 2.24) is 9.21 Å². The lowest BCUT2D eigenvalue weighted by atomic mass is 9.95. The number of para-hydroxylation sites is 1. The van der Waals surface area contributed by atoms with Gasteiger partial charge in [0.1, 0.15) is 22.3 Å². The van der Waals surface area contributed by atoms with Crippen LogP contribution in [0.15, 0.2) is 47.4 Å². The molecule has 0 spiro atoms. The monoisotopic (exact) mass is 452 g/mol. The summed E-state index contributed by atoms with van der Waals surface area (Å²) in [7, 11) is -0.889. The predicted molar refractivity (Wildman–Crippen MR) is 112 cm³/mol. The number of carbonyl (C=O) groups excluding carboxylic acids is 1. The third-order valence-electron chi connectivity index (χ3n) is 5.83. The van der Waals surface area contributed by atoms with Crippen molar-refractivity contribution in [3.8, 4) is 5.75 Å². The van der Waals surface area contributed by atoms with Gasteiger partial charge < -0.3 is 9.64 Å². The topological polar surface area (TPSA) is 66.9 Å². The fourth-order valence-corrected chi connectivity index (χ4v) is 5.40. The first kappa shape index (κ1) is 23.1. The highest BCUT2D eigenvalue weighted by molar-refractivity contribution is 7.89. The second kappa shape index (κ2) is 9.32. The van der Waals surface area contributed by atoms with Crippen molar-refractivity contribution in [3.05, 3.63) is 59.7 Å². The van der Waals surface area contributed by atoms with E-state index in [0.717, 1.165) is 22.0 Å². The maximum atomic E-state index is 14.0. The van der Waals surface area contributed by atoms with Gasteiger partial charge in [-0.2, -0.15) is 4.31 Å². The number of ether oxygens (including phenoxy) is 1. The molecule has 3 rings (SSSR count). The number of sulfonamides is 1. The molecular weight excluding hydrogens is 426 g/mol. The highest BCUT2D eigenvalue weighted by Crippen LogP contribution is 2.31. The molecule has 31 heavy (non-hydrogen) atoms. The molecule has 0 N–H and O–H groups in total. The van der Waals surface area contributed by atoms with Crippen molar-refractivity contribution < 1.29 is 26.7 Å². The number of methoxy groups -OCH3 is 1. The molecule has 2 aromatic rings. The van der Waals surface area contributed by atoms with Gasteiger partial charge >= 0.3 is 0 Å². The summed E-state index contributed by atoms with van der Waals surface area (Å²) in [6.07, 6.45) is 0.607. The van der Waals surface area contributed by atoms with Crippen LogP contribution in [0, 0.1) is 17.6 Å². The van der Waals surface area contributed by atoms with Crippen LogP contribution in [-0.2, 0) is 14.8 Å². The van der Waals surface area contributed by atoms with E-state index < -0.39 is 26.6 Å². The number of rotatable bonds is 6. The van der Waals surface area contributed by atoms with Crippen LogP contribution in [0.4, 0.5) is 8.78 Å². The lowest BCUT2D eigenvalue weighted by Crippen LogP contribution is -2.44. The molecule has 0 aliphatic carbocycles. The Morgan fingerprint density at radius 1 is 1.16 bits per heavy atom. The summed E-state index contributed by atoms with van der Waals surface area (Å²) in [6, 6.07) is 9.59. The number of halogens is 2. The Hall–Kier alpha value is -2.52. The maximum Gasteiger partial charge on any atom is 0.246 e. The molecule has 1 unspecified atom stereocenters. The van der Waals surface area contributed by atoms with E-state index in [0.29, 0.717) is 24.7 Å². The van der Waals surface area contributed by atoms with E-state index in [1.54, 1.807) is 19.1 Å². The van der Waals surface area contributed by atoms with Gasteiger partial charge in [0.15, 0.2) is 0 Å². The van der Waals surface area contributed by atoms with Gasteiger partial charge in [-0.1, -0.05) is 18.2 Å². The Morgan fingerprint density at radius 2 is 1.81 bits per heavy atom. The Kier molecular flexibility index (Phi) is 6.96. The number of amides is 1. The van der Waals surface area contributed by atoms with Crippen molar-refractivity contribution in [2.45, 2.75) is 30.7 Å². The van der Waals surface area contributed by atoms with Crippen LogP contribution < -0.4 is 4.74 Å². The van der Waals surface area contributed by atoms with Crippen molar-refractivity contribution in [2.75, 3.05) is 27.2 Å². The molecule has 1 saturated heterocycles. The van der Waals surface area contributed by atoms with Crippen LogP contribution in [0.25, 0.3) is 0 Å². The van der Waals surface area contributed by atoms with Gasteiger partial charge in [-0.3, -0.25) is 4.79 Å². The smallest absolute Gasteiger partial charge is 0.246 e. The zero-order valence-electron chi connectivity index (χ0n) is 17.7. The van der Waals surface area contributed by atoms with Gasteiger partial charge in [0, 0.05) is 31.6 Å². The minimum absolute atomic E-state index is 0.0611. The molecule has 2 aromatic carbocycles. The molecule has 9 heteroatoms. The molecule has 0 radical (unpaired) electrons. The molecular formula is C22H26F2N2O4S. The van der Waals surface area contributed by atoms with Crippen molar-refractivity contribution >= 4 is 15.9 Å². The van der Waals surface area contributed by atoms with Crippen LogP contribution >= 0.6 is 0 Å². The van der Waals surface area contributed by atoms with Gasteiger partial charge in [-0.25, -0.2) is 17.2 Å². The fraction of sp³-hybridized carbons (Fsp3) is 0.409. The van der Waals surface area contributed by atoms with Crippen molar-refractivity contribution in [1.29, 1.82) is 0 Å². The Morgan fingerprint density at radius 3 is 2.45 bits per heavy atom. The molecule has 1 atom stereocenters. The maximum absolute atomic E-state index is 14.0. The molecule has 0 aromatic heterocycles. The Labute approximate surface area is 181 Å². The molecule has 1 heterocycles. The lowest BCUT2D eigenvalue weighted by Gasteiger charge is -2.34. The summed E-state index contributed by atoms with van der Waals surface area (Å²) >= 11 is 0. The number of piperidine rings is 1. The second-order valence-corrected chi connectivity index (χ2v) is 9.53. The Bertz CT molecular complexity index is 1050. The predicted octanol–water partition coefficient (Wildman–Crippen LogP) is 3.59. The van der Waals surface area contributed by atoms with E-state index in [4.69, 9.17) is 4.74 Å². The SMILES string of the molecule is COc1ccccc1C(C)N(C)C(=O)C1CCN(S(=O)(=O)c2cc(F)ccc2F)CC1. The molecule has 0 saturated carbocycles. The minimum atomic E-state index is -4.18. The quantitative estimate of drug-likeness (QED) is 0.672. The summed E-state index contributed by atoms with van der Waals surface area (Å²) in [5, 5.41) is 0. The third-order valence-corrected chi connectivity index (χ3v) is 7.75. The van der Waals surface area contributed by atoms with E-state index >= 15 is 0 Å². The first-order valence-corrected chi connectivity index (χ1v) is 11.5. The molecule has 1 aliphatic rings. The molecule has 0 bridgehead atoms. The van der Waals surface area contributed by atoms with Gasteiger partial charge in [-0.15, -0.1) is 0 Å². The van der Waals surface area contributed by atoms with Crippen LogP contribution in [0.1, 0.15) is 31.4 Å². The van der Waals surface area contributed by atoms with Crippen molar-refractivity contribution in [3.63, 3.8) is 0 Å². The average Bonchev–Trinajstić information content (AvgIpc) is 2.79. The van der Waals surface area contributed by atoms with Gasteiger partial charge in [-0.05, 0) is 44.0 Å². The Balaban J connectivity index is 1.68. The highest BCUT2D eigenvalue weighted by atomic mass is 32.2. The largest absolute Gasteiger partial charge is 0.496 e. The molecule has 1 amide bonds. The minimum Gasteiger partial charge on any atom is -0.496 e. The van der Waals surface area contributed by atoms with E-state index in [-0.39, 0.29) is 31.0 Å². The average molecular weight is 453 g/mol. The van der Waals surface area contributed by atoms with Crippen LogP contribution in [-0.4, -0.2) is 50.8 Å². The zero-order valence-corrected chi connectivity index (χ0v) is 18.5.